The minimum Gasteiger partial charge on any atom is -0.389 e. The zero-order chi connectivity index (χ0) is 22.1. The average Bonchev–Trinajstić information content (AvgIpc) is 2.71. The van der Waals surface area contributed by atoms with Crippen LogP contribution in [0, 0.1) is 0 Å². The third-order valence-electron chi connectivity index (χ3n) is 5.13. The molecule has 0 heterocycles. The van der Waals surface area contributed by atoms with Crippen LogP contribution in [0.3, 0.4) is 0 Å². The molecule has 2 unspecified atom stereocenters. The van der Waals surface area contributed by atoms with Gasteiger partial charge in [-0.3, -0.25) is 4.79 Å². The lowest BCUT2D eigenvalue weighted by molar-refractivity contribution is -0.182. The molecular formula is C22H40O7. The number of aliphatic hydroxyl groups is 3. The molecule has 0 aliphatic rings. The van der Waals surface area contributed by atoms with Crippen molar-refractivity contribution in [1.29, 1.82) is 0 Å². The van der Waals surface area contributed by atoms with Crippen LogP contribution in [0.1, 0.15) is 104 Å². The van der Waals surface area contributed by atoms with Crippen molar-refractivity contribution >= 4 is 17.7 Å². The lowest BCUT2D eigenvalue weighted by Crippen LogP contribution is -2.50. The van der Waals surface area contributed by atoms with Gasteiger partial charge in [0.15, 0.2) is 6.10 Å². The Labute approximate surface area is 174 Å². The minimum absolute atomic E-state index is 0.155. The molecule has 29 heavy (non-hydrogen) atoms. The summed E-state index contributed by atoms with van der Waals surface area (Å²) in [6.07, 6.45) is 9.52. The molecule has 0 radical (unpaired) electrons. The summed E-state index contributed by atoms with van der Waals surface area (Å²) in [7, 11) is 0. The molecule has 0 aromatic heterocycles. The highest BCUT2D eigenvalue weighted by Crippen LogP contribution is 2.20. The molecule has 0 rings (SSSR count). The smallest absolute Gasteiger partial charge is 0.353 e. The standard InChI is InChI=1S/C22H40O7/c1-3-5-7-9-11-13-15-18(24)20(26)29-21(27)22(28,19(25)17-23)16-14-12-10-8-6-4-2/h18,23-24,28H,3-17H2,1-2H3. The fourth-order valence-electron chi connectivity index (χ4n) is 3.13. The van der Waals surface area contributed by atoms with Gasteiger partial charge in [-0.25, -0.2) is 9.59 Å². The molecular weight excluding hydrogens is 376 g/mol. The summed E-state index contributed by atoms with van der Waals surface area (Å²) in [6.45, 7) is 3.18. The number of rotatable bonds is 18. The van der Waals surface area contributed by atoms with Crippen LogP contribution < -0.4 is 0 Å². The van der Waals surface area contributed by atoms with Crippen LogP contribution in [0.15, 0.2) is 0 Å². The molecule has 0 aliphatic heterocycles. The first-order valence-corrected chi connectivity index (χ1v) is 11.1. The van der Waals surface area contributed by atoms with Crippen LogP contribution in [0.2, 0.25) is 0 Å². The number of ketones is 1. The predicted molar refractivity (Wildman–Crippen MR) is 110 cm³/mol. The molecule has 0 saturated carbocycles. The number of carbonyl (C=O) groups is 3. The van der Waals surface area contributed by atoms with E-state index in [1.165, 1.54) is 0 Å². The van der Waals surface area contributed by atoms with Gasteiger partial charge >= 0.3 is 11.9 Å². The molecule has 7 nitrogen and oxygen atoms in total. The van der Waals surface area contributed by atoms with E-state index in [9.17, 15) is 24.6 Å². The maximum absolute atomic E-state index is 12.3. The molecule has 2 atom stereocenters. The normalized spacial score (nSPS) is 14.2. The highest BCUT2D eigenvalue weighted by Gasteiger charge is 2.45. The number of carbonyl (C=O) groups excluding carboxylic acids is 3. The largest absolute Gasteiger partial charge is 0.389 e. The van der Waals surface area contributed by atoms with Crippen molar-refractivity contribution in [3.8, 4) is 0 Å². The lowest BCUT2D eigenvalue weighted by atomic mass is 9.91. The number of hydrogen-bond acceptors (Lipinski definition) is 7. The Hall–Kier alpha value is -1.31. The molecule has 0 aliphatic carbocycles. The Morgan fingerprint density at radius 1 is 0.828 bits per heavy atom. The first-order chi connectivity index (χ1) is 13.8. The van der Waals surface area contributed by atoms with Gasteiger partial charge in [-0.1, -0.05) is 84.5 Å². The maximum Gasteiger partial charge on any atom is 0.353 e. The second-order valence-electron chi connectivity index (χ2n) is 7.74. The maximum atomic E-state index is 12.3. The number of unbranched alkanes of at least 4 members (excludes halogenated alkanes) is 10. The first-order valence-electron chi connectivity index (χ1n) is 11.1. The topological polar surface area (TPSA) is 121 Å². The third kappa shape index (κ3) is 11.5. The number of hydrogen-bond donors (Lipinski definition) is 3. The van der Waals surface area contributed by atoms with Gasteiger partial charge in [0.05, 0.1) is 0 Å². The molecule has 3 N–H and O–H groups in total. The lowest BCUT2D eigenvalue weighted by Gasteiger charge is -2.23. The van der Waals surface area contributed by atoms with E-state index in [4.69, 9.17) is 5.11 Å². The van der Waals surface area contributed by atoms with Crippen LogP contribution in [-0.4, -0.2) is 51.4 Å². The van der Waals surface area contributed by atoms with E-state index < -0.39 is 36.0 Å². The fraction of sp³-hybridized carbons (Fsp3) is 0.864. The molecule has 0 amide bonds. The number of ether oxygens (including phenoxy) is 1. The van der Waals surface area contributed by atoms with Crippen LogP contribution in [0.5, 0.6) is 0 Å². The van der Waals surface area contributed by atoms with Crippen LogP contribution in [-0.2, 0) is 19.1 Å². The predicted octanol–water partition coefficient (Wildman–Crippen LogP) is 3.21. The number of Topliss-reactive ketones (excluding diaryl/α,β-unsaturated/α-hetero) is 1. The van der Waals surface area contributed by atoms with Crippen molar-refractivity contribution in [2.45, 2.75) is 115 Å². The van der Waals surface area contributed by atoms with Crippen molar-refractivity contribution in [3.05, 3.63) is 0 Å². The minimum atomic E-state index is -2.56. The summed E-state index contributed by atoms with van der Waals surface area (Å²) in [4.78, 5) is 36.1. The van der Waals surface area contributed by atoms with Gasteiger partial charge in [0, 0.05) is 0 Å². The van der Waals surface area contributed by atoms with Gasteiger partial charge in [-0.05, 0) is 19.3 Å². The third-order valence-corrected chi connectivity index (χ3v) is 5.13. The van der Waals surface area contributed by atoms with Crippen molar-refractivity contribution < 1.29 is 34.4 Å². The van der Waals surface area contributed by atoms with Crippen molar-refractivity contribution in [3.63, 3.8) is 0 Å². The first kappa shape index (κ1) is 27.7. The molecule has 0 fully saturated rings. The van der Waals surface area contributed by atoms with E-state index in [1.54, 1.807) is 0 Å². The summed E-state index contributed by atoms with van der Waals surface area (Å²) < 4.78 is 4.58. The second kappa shape index (κ2) is 16.5. The van der Waals surface area contributed by atoms with E-state index in [0.717, 1.165) is 57.8 Å². The van der Waals surface area contributed by atoms with E-state index in [1.807, 2.05) is 0 Å². The average molecular weight is 417 g/mol. The molecule has 0 bridgehead atoms. The summed E-state index contributed by atoms with van der Waals surface area (Å²) in [5.74, 6) is -3.69. The van der Waals surface area contributed by atoms with E-state index in [0.29, 0.717) is 19.3 Å². The van der Waals surface area contributed by atoms with Crippen LogP contribution in [0.4, 0.5) is 0 Å². The van der Waals surface area contributed by atoms with Gasteiger partial charge < -0.3 is 20.1 Å². The Balaban J connectivity index is 4.51. The van der Waals surface area contributed by atoms with Crippen molar-refractivity contribution in [1.82, 2.24) is 0 Å². The molecule has 7 heteroatoms. The fourth-order valence-corrected chi connectivity index (χ4v) is 3.13. The molecule has 170 valence electrons. The molecule has 0 aromatic carbocycles. The summed E-state index contributed by atoms with van der Waals surface area (Å²) in [5.41, 5.74) is -2.56. The van der Waals surface area contributed by atoms with Gasteiger partial charge in [0.2, 0.25) is 11.4 Å². The van der Waals surface area contributed by atoms with Gasteiger partial charge in [0.1, 0.15) is 6.61 Å². The molecule has 0 saturated heterocycles. The SMILES string of the molecule is CCCCCCCCC(O)C(=O)OC(=O)C(O)(CCCCCCCC)C(=O)CO. The van der Waals surface area contributed by atoms with Crippen LogP contribution in [0.25, 0.3) is 0 Å². The van der Waals surface area contributed by atoms with Gasteiger partial charge in [0.25, 0.3) is 0 Å². The highest BCUT2D eigenvalue weighted by atomic mass is 16.6. The van der Waals surface area contributed by atoms with Crippen molar-refractivity contribution in [2.24, 2.45) is 0 Å². The highest BCUT2D eigenvalue weighted by molar-refractivity contribution is 6.10. The summed E-state index contributed by atoms with van der Waals surface area (Å²) in [6, 6.07) is 0. The molecule has 0 aromatic rings. The second-order valence-corrected chi connectivity index (χ2v) is 7.74. The van der Waals surface area contributed by atoms with E-state index in [2.05, 4.69) is 18.6 Å². The van der Waals surface area contributed by atoms with E-state index in [-0.39, 0.29) is 12.8 Å². The summed E-state index contributed by atoms with van der Waals surface area (Å²) >= 11 is 0. The zero-order valence-corrected chi connectivity index (χ0v) is 18.2. The van der Waals surface area contributed by atoms with Gasteiger partial charge in [-0.2, -0.15) is 0 Å². The number of aliphatic hydroxyl groups excluding tert-OH is 2. The Kier molecular flexibility index (Phi) is 15.7. The molecule has 0 spiro atoms. The monoisotopic (exact) mass is 416 g/mol. The van der Waals surface area contributed by atoms with Crippen LogP contribution >= 0.6 is 0 Å². The van der Waals surface area contributed by atoms with Crippen molar-refractivity contribution in [2.75, 3.05) is 6.61 Å². The Bertz CT molecular complexity index is 478. The quantitative estimate of drug-likeness (QED) is 0.178. The van der Waals surface area contributed by atoms with E-state index >= 15 is 0 Å². The Morgan fingerprint density at radius 2 is 1.31 bits per heavy atom. The number of esters is 2. The van der Waals surface area contributed by atoms with Gasteiger partial charge in [-0.15, -0.1) is 0 Å². The zero-order valence-electron chi connectivity index (χ0n) is 18.2. The Morgan fingerprint density at radius 3 is 1.83 bits per heavy atom. The summed E-state index contributed by atoms with van der Waals surface area (Å²) in [5, 5.41) is 29.4.